The molecule has 0 fully saturated rings. The Morgan fingerprint density at radius 2 is 1.85 bits per heavy atom. The maximum absolute atomic E-state index is 12.5. The molecule has 0 saturated carbocycles. The van der Waals surface area contributed by atoms with E-state index >= 15 is 0 Å². The Hall–Kier alpha value is -2.96. The van der Waals surface area contributed by atoms with Crippen LogP contribution in [0.25, 0.3) is 10.8 Å². The number of hydrogen-bond acceptors (Lipinski definition) is 4. The second-order valence-electron chi connectivity index (χ2n) is 5.30. The van der Waals surface area contributed by atoms with E-state index in [2.05, 4.69) is 10.5 Å². The largest absolute Gasteiger partial charge is 0.422 e. The average molecular weight is 384 g/mol. The van der Waals surface area contributed by atoms with Gasteiger partial charge >= 0.3 is 5.97 Å². The minimum Gasteiger partial charge on any atom is -0.422 e. The van der Waals surface area contributed by atoms with Crippen molar-refractivity contribution in [1.82, 2.24) is 5.43 Å². The molecular weight excluding hydrogens is 370 g/mol. The number of fused-ring (bicyclic) bond motifs is 1. The van der Waals surface area contributed by atoms with E-state index in [9.17, 15) is 4.79 Å². The number of thiocarbonyl (C=S) groups is 1. The van der Waals surface area contributed by atoms with Gasteiger partial charge in [-0.25, -0.2) is 4.79 Å². The number of nitrogens with zero attached hydrogens (tertiary/aromatic N) is 1. The van der Waals surface area contributed by atoms with Crippen molar-refractivity contribution in [1.29, 1.82) is 0 Å². The van der Waals surface area contributed by atoms with Crippen molar-refractivity contribution in [3.8, 4) is 5.75 Å². The topological polar surface area (TPSA) is 76.7 Å². The number of hydrazone groups is 1. The minimum atomic E-state index is -0.553. The van der Waals surface area contributed by atoms with Crippen molar-refractivity contribution in [2.24, 2.45) is 10.8 Å². The normalized spacial score (nSPS) is 10.8. The smallest absolute Gasteiger partial charge is 0.345 e. The van der Waals surface area contributed by atoms with Crippen LogP contribution in [0.1, 0.15) is 15.9 Å². The Balaban J connectivity index is 2.02. The molecule has 0 aliphatic carbocycles. The second-order valence-corrected chi connectivity index (χ2v) is 6.15. The second kappa shape index (κ2) is 7.95. The molecule has 3 N–H and O–H groups in total. The fourth-order valence-electron chi connectivity index (χ4n) is 2.44. The van der Waals surface area contributed by atoms with Gasteiger partial charge in [-0.05, 0) is 41.2 Å². The van der Waals surface area contributed by atoms with Crippen molar-refractivity contribution in [3.63, 3.8) is 0 Å². The van der Waals surface area contributed by atoms with Gasteiger partial charge in [-0.15, -0.1) is 0 Å². The Kier molecular flexibility index (Phi) is 5.46. The highest BCUT2D eigenvalue weighted by molar-refractivity contribution is 7.80. The summed E-state index contributed by atoms with van der Waals surface area (Å²) >= 11 is 10.8. The molecule has 0 aliphatic heterocycles. The molecule has 26 heavy (non-hydrogen) atoms. The lowest BCUT2D eigenvalue weighted by atomic mass is 10.0. The zero-order chi connectivity index (χ0) is 18.5. The van der Waals surface area contributed by atoms with Gasteiger partial charge in [0.15, 0.2) is 5.11 Å². The van der Waals surface area contributed by atoms with Gasteiger partial charge in [0, 0.05) is 5.56 Å². The van der Waals surface area contributed by atoms with Gasteiger partial charge in [-0.1, -0.05) is 54.1 Å². The number of rotatable bonds is 4. The van der Waals surface area contributed by atoms with Crippen LogP contribution in [-0.2, 0) is 0 Å². The van der Waals surface area contributed by atoms with Crippen LogP contribution in [0.4, 0.5) is 0 Å². The monoisotopic (exact) mass is 383 g/mol. The van der Waals surface area contributed by atoms with E-state index in [1.165, 1.54) is 6.21 Å². The predicted molar refractivity (Wildman–Crippen MR) is 108 cm³/mol. The van der Waals surface area contributed by atoms with Gasteiger partial charge in [-0.2, -0.15) is 5.10 Å². The lowest BCUT2D eigenvalue weighted by Crippen LogP contribution is -2.24. The van der Waals surface area contributed by atoms with Crippen molar-refractivity contribution in [2.45, 2.75) is 0 Å². The van der Waals surface area contributed by atoms with Gasteiger partial charge in [0.1, 0.15) is 5.75 Å². The zero-order valence-electron chi connectivity index (χ0n) is 13.5. The molecule has 3 rings (SSSR count). The van der Waals surface area contributed by atoms with Crippen LogP contribution in [0.2, 0.25) is 5.02 Å². The molecule has 0 heterocycles. The molecular formula is C19H14ClN3O2S. The van der Waals surface area contributed by atoms with E-state index in [-0.39, 0.29) is 10.7 Å². The molecule has 0 aromatic heterocycles. The first-order chi connectivity index (χ1) is 12.6. The lowest BCUT2D eigenvalue weighted by Gasteiger charge is -2.11. The number of halogens is 1. The number of ether oxygens (including phenoxy) is 1. The van der Waals surface area contributed by atoms with Gasteiger partial charge < -0.3 is 10.5 Å². The van der Waals surface area contributed by atoms with Crippen molar-refractivity contribution < 1.29 is 9.53 Å². The van der Waals surface area contributed by atoms with E-state index in [1.807, 2.05) is 30.3 Å². The number of hydrogen-bond donors (Lipinski definition) is 2. The Morgan fingerprint density at radius 3 is 2.62 bits per heavy atom. The summed E-state index contributed by atoms with van der Waals surface area (Å²) in [4.78, 5) is 12.5. The lowest BCUT2D eigenvalue weighted by molar-refractivity contribution is 0.0735. The molecule has 0 spiro atoms. The summed E-state index contributed by atoms with van der Waals surface area (Å²) in [7, 11) is 0. The summed E-state index contributed by atoms with van der Waals surface area (Å²) < 4.78 is 5.57. The summed E-state index contributed by atoms with van der Waals surface area (Å²) in [5, 5.41) is 6.19. The van der Waals surface area contributed by atoms with E-state index in [1.54, 1.807) is 30.3 Å². The number of carbonyl (C=O) groups is 1. The average Bonchev–Trinajstić information content (AvgIpc) is 2.63. The summed E-state index contributed by atoms with van der Waals surface area (Å²) in [6, 6.07) is 17.9. The van der Waals surface area contributed by atoms with E-state index in [0.717, 1.165) is 10.8 Å². The number of carbonyl (C=O) groups excluding carboxylic acids is 1. The molecule has 5 nitrogen and oxygen atoms in total. The number of nitrogens with one attached hydrogen (secondary N) is 1. The van der Waals surface area contributed by atoms with Crippen LogP contribution in [0.3, 0.4) is 0 Å². The molecule has 0 bridgehead atoms. The third-order valence-corrected chi connectivity index (χ3v) is 4.02. The van der Waals surface area contributed by atoms with Crippen LogP contribution in [-0.4, -0.2) is 17.3 Å². The molecule has 3 aromatic carbocycles. The molecule has 7 heteroatoms. The Labute approximate surface area is 160 Å². The highest BCUT2D eigenvalue weighted by Gasteiger charge is 2.15. The molecule has 0 saturated heterocycles. The van der Waals surface area contributed by atoms with E-state index in [0.29, 0.717) is 16.3 Å². The first-order valence-corrected chi connectivity index (χ1v) is 8.42. The van der Waals surface area contributed by atoms with Crippen LogP contribution >= 0.6 is 23.8 Å². The molecule has 0 radical (unpaired) electrons. The zero-order valence-corrected chi connectivity index (χ0v) is 15.1. The molecule has 0 unspecified atom stereocenters. The molecule has 3 aromatic rings. The summed E-state index contributed by atoms with van der Waals surface area (Å²) in [5.74, 6) is -0.204. The maximum atomic E-state index is 12.5. The summed E-state index contributed by atoms with van der Waals surface area (Å²) in [6.45, 7) is 0. The first-order valence-electron chi connectivity index (χ1n) is 7.63. The number of benzene rings is 3. The Morgan fingerprint density at radius 1 is 1.12 bits per heavy atom. The molecule has 0 amide bonds. The van der Waals surface area contributed by atoms with Crippen LogP contribution in [0.15, 0.2) is 65.8 Å². The SMILES string of the molecule is NC(=S)N/N=C\c1c(OC(=O)c2ccccc2Cl)ccc2ccccc12. The highest BCUT2D eigenvalue weighted by Crippen LogP contribution is 2.28. The Bertz CT molecular complexity index is 1020. The summed E-state index contributed by atoms with van der Waals surface area (Å²) in [6.07, 6.45) is 1.51. The quantitative estimate of drug-likeness (QED) is 0.235. The molecule has 130 valence electrons. The fourth-order valence-corrected chi connectivity index (χ4v) is 2.71. The number of esters is 1. The molecule has 0 aliphatic rings. The molecule has 0 atom stereocenters. The maximum Gasteiger partial charge on any atom is 0.345 e. The van der Waals surface area contributed by atoms with E-state index < -0.39 is 5.97 Å². The first kappa shape index (κ1) is 17.8. The van der Waals surface area contributed by atoms with Crippen LogP contribution in [0, 0.1) is 0 Å². The fraction of sp³-hybridized carbons (Fsp3) is 0. The van der Waals surface area contributed by atoms with Gasteiger partial charge in [0.05, 0.1) is 16.8 Å². The van der Waals surface area contributed by atoms with Crippen molar-refractivity contribution >= 4 is 51.9 Å². The van der Waals surface area contributed by atoms with Crippen LogP contribution in [0.5, 0.6) is 5.75 Å². The third kappa shape index (κ3) is 3.99. The highest BCUT2D eigenvalue weighted by atomic mass is 35.5. The van der Waals surface area contributed by atoms with Crippen LogP contribution < -0.4 is 15.9 Å². The minimum absolute atomic E-state index is 0.0381. The standard InChI is InChI=1S/C19H14ClN3O2S/c20-16-8-4-3-7-14(16)18(24)25-17-10-9-12-5-1-2-6-13(12)15(17)11-22-23-19(21)26/h1-11H,(H3,21,23,26)/b22-11-. The number of nitrogens with two attached hydrogens (primary N) is 1. The van der Waals surface area contributed by atoms with E-state index in [4.69, 9.17) is 34.3 Å². The predicted octanol–water partition coefficient (Wildman–Crippen LogP) is 3.88. The summed E-state index contributed by atoms with van der Waals surface area (Å²) in [5.41, 5.74) is 8.79. The van der Waals surface area contributed by atoms with Gasteiger partial charge in [0.2, 0.25) is 0 Å². The van der Waals surface area contributed by atoms with Crippen molar-refractivity contribution in [3.05, 3.63) is 76.8 Å². The third-order valence-electron chi connectivity index (χ3n) is 3.60. The van der Waals surface area contributed by atoms with Gasteiger partial charge in [0.25, 0.3) is 0 Å². The van der Waals surface area contributed by atoms with Crippen molar-refractivity contribution in [2.75, 3.05) is 0 Å². The van der Waals surface area contributed by atoms with Gasteiger partial charge in [-0.3, -0.25) is 5.43 Å².